The van der Waals surface area contributed by atoms with Crippen LogP contribution in [0.15, 0.2) is 12.1 Å². The lowest BCUT2D eigenvalue weighted by Gasteiger charge is -2.03. The Bertz CT molecular complexity index is 349. The Kier molecular flexibility index (Phi) is 3.01. The van der Waals surface area contributed by atoms with Crippen molar-refractivity contribution in [1.29, 1.82) is 0 Å². The highest BCUT2D eigenvalue weighted by Crippen LogP contribution is 2.30. The van der Waals surface area contributed by atoms with Crippen LogP contribution < -0.4 is 0 Å². The van der Waals surface area contributed by atoms with E-state index in [-0.39, 0.29) is 21.4 Å². The van der Waals surface area contributed by atoms with E-state index >= 15 is 0 Å². The SMILES string of the molecule is COC(=O)c1cc(Cl)c(O)cc1Cl. The summed E-state index contributed by atoms with van der Waals surface area (Å²) in [4.78, 5) is 11.1. The normalized spacial score (nSPS) is 9.77. The molecule has 0 aliphatic heterocycles. The summed E-state index contributed by atoms with van der Waals surface area (Å²) < 4.78 is 4.45. The fraction of sp³-hybridized carbons (Fsp3) is 0.125. The van der Waals surface area contributed by atoms with Crippen LogP contribution in [0.1, 0.15) is 10.4 Å². The summed E-state index contributed by atoms with van der Waals surface area (Å²) in [6, 6.07) is 2.45. The molecular weight excluding hydrogens is 215 g/mol. The predicted molar refractivity (Wildman–Crippen MR) is 49.5 cm³/mol. The van der Waals surface area contributed by atoms with E-state index in [0.717, 1.165) is 0 Å². The molecule has 1 N–H and O–H groups in total. The fourth-order valence-electron chi connectivity index (χ4n) is 0.803. The monoisotopic (exact) mass is 220 g/mol. The molecule has 1 aromatic carbocycles. The van der Waals surface area contributed by atoms with E-state index in [4.69, 9.17) is 28.3 Å². The zero-order valence-electron chi connectivity index (χ0n) is 6.67. The zero-order valence-corrected chi connectivity index (χ0v) is 8.19. The number of carbonyl (C=O) groups excluding carboxylic acids is 1. The van der Waals surface area contributed by atoms with Crippen LogP contribution in [-0.4, -0.2) is 18.2 Å². The first-order valence-corrected chi connectivity index (χ1v) is 4.08. The van der Waals surface area contributed by atoms with Gasteiger partial charge in [0, 0.05) is 6.07 Å². The quantitative estimate of drug-likeness (QED) is 0.741. The highest BCUT2D eigenvalue weighted by atomic mass is 35.5. The number of ether oxygens (including phenoxy) is 1. The third kappa shape index (κ3) is 2.05. The van der Waals surface area contributed by atoms with Crippen molar-refractivity contribution in [2.45, 2.75) is 0 Å². The van der Waals surface area contributed by atoms with Crippen LogP contribution in [0.5, 0.6) is 5.75 Å². The standard InChI is InChI=1S/C8H6Cl2O3/c1-13-8(12)4-2-6(10)7(11)3-5(4)9/h2-3,11H,1H3. The van der Waals surface area contributed by atoms with Gasteiger partial charge >= 0.3 is 5.97 Å². The Labute approximate surface area is 84.8 Å². The minimum atomic E-state index is -0.591. The second-order valence-corrected chi connectivity index (χ2v) is 3.09. The van der Waals surface area contributed by atoms with Crippen molar-refractivity contribution in [3.8, 4) is 5.75 Å². The molecule has 13 heavy (non-hydrogen) atoms. The van der Waals surface area contributed by atoms with Gasteiger partial charge in [-0.25, -0.2) is 4.79 Å². The van der Waals surface area contributed by atoms with Crippen molar-refractivity contribution in [3.63, 3.8) is 0 Å². The summed E-state index contributed by atoms with van der Waals surface area (Å²) in [6.07, 6.45) is 0. The second-order valence-electron chi connectivity index (χ2n) is 2.28. The largest absolute Gasteiger partial charge is 0.506 e. The maximum atomic E-state index is 11.1. The third-order valence-electron chi connectivity index (χ3n) is 1.44. The van der Waals surface area contributed by atoms with Gasteiger partial charge in [0.05, 0.1) is 22.7 Å². The number of esters is 1. The second kappa shape index (κ2) is 3.85. The van der Waals surface area contributed by atoms with E-state index in [2.05, 4.69) is 4.74 Å². The Morgan fingerprint density at radius 2 is 2.00 bits per heavy atom. The first-order valence-electron chi connectivity index (χ1n) is 3.32. The van der Waals surface area contributed by atoms with Gasteiger partial charge in [-0.15, -0.1) is 0 Å². The van der Waals surface area contributed by atoms with Crippen LogP contribution in [-0.2, 0) is 4.74 Å². The average Bonchev–Trinajstić information content (AvgIpc) is 2.10. The summed E-state index contributed by atoms with van der Waals surface area (Å²) in [7, 11) is 1.24. The van der Waals surface area contributed by atoms with Crippen LogP contribution in [0.25, 0.3) is 0 Å². The number of hydrogen-bond donors (Lipinski definition) is 1. The maximum Gasteiger partial charge on any atom is 0.339 e. The van der Waals surface area contributed by atoms with Crippen molar-refractivity contribution >= 4 is 29.2 Å². The number of benzene rings is 1. The van der Waals surface area contributed by atoms with E-state index in [1.165, 1.54) is 19.2 Å². The summed E-state index contributed by atoms with van der Waals surface area (Å²) in [5.41, 5.74) is 0.131. The van der Waals surface area contributed by atoms with Gasteiger partial charge in [0.2, 0.25) is 0 Å². The molecule has 0 heterocycles. The number of phenolic OH excluding ortho intramolecular Hbond substituents is 1. The van der Waals surface area contributed by atoms with Gasteiger partial charge in [-0.3, -0.25) is 0 Å². The average molecular weight is 221 g/mol. The van der Waals surface area contributed by atoms with Crippen molar-refractivity contribution < 1.29 is 14.6 Å². The van der Waals surface area contributed by atoms with Gasteiger partial charge in [0.1, 0.15) is 5.75 Å². The van der Waals surface area contributed by atoms with Crippen LogP contribution in [0.3, 0.4) is 0 Å². The molecule has 0 saturated carbocycles. The Balaban J connectivity index is 3.23. The number of aromatic hydroxyl groups is 1. The number of rotatable bonds is 1. The predicted octanol–water partition coefficient (Wildman–Crippen LogP) is 2.49. The van der Waals surface area contributed by atoms with Gasteiger partial charge < -0.3 is 9.84 Å². The van der Waals surface area contributed by atoms with E-state index in [0.29, 0.717) is 0 Å². The smallest absolute Gasteiger partial charge is 0.339 e. The van der Waals surface area contributed by atoms with E-state index in [1.807, 2.05) is 0 Å². The highest BCUT2D eigenvalue weighted by molar-refractivity contribution is 6.36. The molecule has 0 spiro atoms. The fourth-order valence-corrected chi connectivity index (χ4v) is 1.20. The molecule has 0 unspecified atom stereocenters. The van der Waals surface area contributed by atoms with Gasteiger partial charge in [-0.1, -0.05) is 23.2 Å². The number of carbonyl (C=O) groups is 1. The van der Waals surface area contributed by atoms with Gasteiger partial charge in [-0.05, 0) is 6.07 Å². The number of phenols is 1. The maximum absolute atomic E-state index is 11.1. The molecule has 5 heteroatoms. The molecule has 0 amide bonds. The first kappa shape index (κ1) is 10.2. The molecule has 0 fully saturated rings. The highest BCUT2D eigenvalue weighted by Gasteiger charge is 2.13. The first-order chi connectivity index (χ1) is 6.06. The molecule has 0 radical (unpaired) electrons. The summed E-state index contributed by atoms with van der Waals surface area (Å²) in [6.45, 7) is 0. The van der Waals surface area contributed by atoms with E-state index in [1.54, 1.807) is 0 Å². The van der Waals surface area contributed by atoms with Crippen molar-refractivity contribution in [2.24, 2.45) is 0 Å². The lowest BCUT2D eigenvalue weighted by atomic mass is 10.2. The Hall–Kier alpha value is -0.930. The van der Waals surface area contributed by atoms with Crippen LogP contribution >= 0.6 is 23.2 Å². The summed E-state index contributed by atoms with van der Waals surface area (Å²) >= 11 is 11.2. The molecule has 1 rings (SSSR count). The third-order valence-corrected chi connectivity index (χ3v) is 2.06. The molecule has 0 atom stereocenters. The van der Waals surface area contributed by atoms with Gasteiger partial charge in [0.15, 0.2) is 0 Å². The molecule has 0 bridgehead atoms. The molecule has 3 nitrogen and oxygen atoms in total. The Morgan fingerprint density at radius 1 is 1.38 bits per heavy atom. The molecule has 0 aliphatic carbocycles. The molecule has 0 saturated heterocycles. The van der Waals surface area contributed by atoms with Crippen LogP contribution in [0, 0.1) is 0 Å². The van der Waals surface area contributed by atoms with Crippen LogP contribution in [0.4, 0.5) is 0 Å². The van der Waals surface area contributed by atoms with Crippen molar-refractivity contribution in [1.82, 2.24) is 0 Å². The minimum absolute atomic E-state index is 0.0600. The topological polar surface area (TPSA) is 46.5 Å². The van der Waals surface area contributed by atoms with Gasteiger partial charge in [0.25, 0.3) is 0 Å². The minimum Gasteiger partial charge on any atom is -0.506 e. The number of halogens is 2. The lowest BCUT2D eigenvalue weighted by molar-refractivity contribution is 0.0601. The molecule has 1 aromatic rings. The molecule has 0 aromatic heterocycles. The van der Waals surface area contributed by atoms with E-state index in [9.17, 15) is 4.79 Å². The summed E-state index contributed by atoms with van der Waals surface area (Å²) in [5.74, 6) is -0.758. The molecule has 0 aliphatic rings. The van der Waals surface area contributed by atoms with Gasteiger partial charge in [-0.2, -0.15) is 0 Å². The number of hydrogen-bond acceptors (Lipinski definition) is 3. The lowest BCUT2D eigenvalue weighted by Crippen LogP contribution is -2.01. The van der Waals surface area contributed by atoms with Crippen LogP contribution in [0.2, 0.25) is 10.0 Å². The summed E-state index contributed by atoms with van der Waals surface area (Å²) in [5, 5.41) is 9.28. The molecule has 70 valence electrons. The number of methoxy groups -OCH3 is 1. The Morgan fingerprint density at radius 3 is 2.54 bits per heavy atom. The molecular formula is C8H6Cl2O3. The van der Waals surface area contributed by atoms with E-state index < -0.39 is 5.97 Å². The van der Waals surface area contributed by atoms with Crippen molar-refractivity contribution in [3.05, 3.63) is 27.7 Å². The van der Waals surface area contributed by atoms with Crippen molar-refractivity contribution in [2.75, 3.05) is 7.11 Å². The zero-order chi connectivity index (χ0) is 10.0.